The fourth-order valence-electron chi connectivity index (χ4n) is 3.08. The van der Waals surface area contributed by atoms with Crippen LogP contribution in [0.1, 0.15) is 31.7 Å². The molecule has 0 aromatic heterocycles. The molecule has 7 heteroatoms. The van der Waals surface area contributed by atoms with Gasteiger partial charge in [-0.3, -0.25) is 9.79 Å². The summed E-state index contributed by atoms with van der Waals surface area (Å²) < 4.78 is 0. The molecule has 1 aliphatic rings. The number of nitrogens with two attached hydrogens (primary N) is 1. The molecule has 0 radical (unpaired) electrons. The molecule has 5 nitrogen and oxygen atoms in total. The van der Waals surface area contributed by atoms with Crippen LogP contribution in [0.25, 0.3) is 0 Å². The second kappa shape index (κ2) is 11.6. The first kappa shape index (κ1) is 22.0. The van der Waals surface area contributed by atoms with E-state index in [2.05, 4.69) is 17.1 Å². The quantitative estimate of drug-likeness (QED) is 0.375. The monoisotopic (exact) mass is 478 g/mol. The van der Waals surface area contributed by atoms with Crippen molar-refractivity contribution in [3.8, 4) is 0 Å². The van der Waals surface area contributed by atoms with Crippen molar-refractivity contribution < 1.29 is 4.79 Å². The number of benzene rings is 1. The van der Waals surface area contributed by atoms with Gasteiger partial charge in [0.25, 0.3) is 0 Å². The summed E-state index contributed by atoms with van der Waals surface area (Å²) in [5.74, 6) is 1.04. The fraction of sp³-hybridized carbons (Fsp3) is 0.556. The van der Waals surface area contributed by atoms with E-state index in [0.29, 0.717) is 12.3 Å². The fourth-order valence-corrected chi connectivity index (χ4v) is 3.20. The summed E-state index contributed by atoms with van der Waals surface area (Å²) in [6, 6.07) is 7.89. The molecule has 1 heterocycles. The first-order valence-corrected chi connectivity index (χ1v) is 9.02. The zero-order chi connectivity index (χ0) is 17.4. The number of hydrogen-bond donors (Lipinski definition) is 2. The Morgan fingerprint density at radius 1 is 1.40 bits per heavy atom. The zero-order valence-corrected chi connectivity index (χ0v) is 17.8. The zero-order valence-electron chi connectivity index (χ0n) is 14.7. The van der Waals surface area contributed by atoms with E-state index in [-0.39, 0.29) is 29.9 Å². The van der Waals surface area contributed by atoms with Crippen molar-refractivity contribution in [2.45, 2.75) is 32.6 Å². The lowest BCUT2D eigenvalue weighted by atomic mass is 9.95. The molecule has 3 N–H and O–H groups in total. The molecule has 1 atom stereocenters. The lowest BCUT2D eigenvalue weighted by Gasteiger charge is -2.34. The number of hydrogen-bond acceptors (Lipinski definition) is 2. The Balaban J connectivity index is 0.00000312. The van der Waals surface area contributed by atoms with Gasteiger partial charge in [-0.15, -0.1) is 24.0 Å². The van der Waals surface area contributed by atoms with E-state index in [1.54, 1.807) is 0 Å². The van der Waals surface area contributed by atoms with E-state index in [0.717, 1.165) is 56.4 Å². The number of rotatable bonds is 6. The van der Waals surface area contributed by atoms with Crippen LogP contribution in [0.3, 0.4) is 0 Å². The number of nitrogens with one attached hydrogen (secondary N) is 1. The molecule has 1 aromatic rings. The van der Waals surface area contributed by atoms with Gasteiger partial charge in [0.1, 0.15) is 0 Å². The van der Waals surface area contributed by atoms with Crippen LogP contribution in [0.4, 0.5) is 0 Å². The van der Waals surface area contributed by atoms with Gasteiger partial charge in [-0.1, -0.05) is 23.7 Å². The van der Waals surface area contributed by atoms with E-state index in [9.17, 15) is 4.79 Å². The van der Waals surface area contributed by atoms with Gasteiger partial charge in [-0.25, -0.2) is 0 Å². The number of carbonyl (C=O) groups is 1. The van der Waals surface area contributed by atoms with Crippen molar-refractivity contribution in [2.75, 3.05) is 26.2 Å². The maximum Gasteiger partial charge on any atom is 0.217 e. The molecular formula is C18H28ClIN4O. The van der Waals surface area contributed by atoms with Gasteiger partial charge in [-0.05, 0) is 49.8 Å². The predicted molar refractivity (Wildman–Crippen MR) is 115 cm³/mol. The number of piperidine rings is 1. The summed E-state index contributed by atoms with van der Waals surface area (Å²) in [6.07, 6.45) is 3.47. The molecule has 1 saturated heterocycles. The summed E-state index contributed by atoms with van der Waals surface area (Å²) in [6.45, 7) is 5.44. The Morgan fingerprint density at radius 2 is 2.12 bits per heavy atom. The number of aliphatic imine (C=N–C) groups is 1. The summed E-state index contributed by atoms with van der Waals surface area (Å²) in [7, 11) is 0. The minimum atomic E-state index is -0.216. The molecule has 140 valence electrons. The molecule has 1 amide bonds. The first-order chi connectivity index (χ1) is 11.6. The molecule has 1 unspecified atom stereocenters. The van der Waals surface area contributed by atoms with E-state index in [4.69, 9.17) is 22.3 Å². The van der Waals surface area contributed by atoms with Crippen molar-refractivity contribution in [2.24, 2.45) is 16.6 Å². The molecule has 1 aromatic carbocycles. The van der Waals surface area contributed by atoms with Crippen molar-refractivity contribution in [3.05, 3.63) is 34.9 Å². The molecule has 1 fully saturated rings. The summed E-state index contributed by atoms with van der Waals surface area (Å²) in [4.78, 5) is 18.2. The van der Waals surface area contributed by atoms with Crippen LogP contribution in [0.2, 0.25) is 5.02 Å². The highest BCUT2D eigenvalue weighted by molar-refractivity contribution is 14.0. The van der Waals surface area contributed by atoms with Gasteiger partial charge in [0.05, 0.1) is 0 Å². The summed E-state index contributed by atoms with van der Waals surface area (Å²) in [5, 5.41) is 4.11. The number of amides is 1. The van der Waals surface area contributed by atoms with E-state index < -0.39 is 0 Å². The van der Waals surface area contributed by atoms with E-state index in [1.807, 2.05) is 24.3 Å². The minimum Gasteiger partial charge on any atom is -0.370 e. The Labute approximate surface area is 172 Å². The number of halogens is 2. The van der Waals surface area contributed by atoms with Gasteiger partial charge in [0.2, 0.25) is 5.91 Å². The molecular weight excluding hydrogens is 451 g/mol. The topological polar surface area (TPSA) is 70.7 Å². The maximum atomic E-state index is 11.2. The molecule has 1 aliphatic heterocycles. The Hall–Kier alpha value is -1.02. The molecule has 2 rings (SSSR count). The van der Waals surface area contributed by atoms with Crippen LogP contribution < -0.4 is 11.1 Å². The average Bonchev–Trinajstić information content (AvgIpc) is 2.55. The smallest absolute Gasteiger partial charge is 0.217 e. The van der Waals surface area contributed by atoms with Crippen molar-refractivity contribution >= 4 is 47.4 Å². The predicted octanol–water partition coefficient (Wildman–Crippen LogP) is 3.05. The third kappa shape index (κ3) is 7.81. The van der Waals surface area contributed by atoms with Crippen LogP contribution in [-0.2, 0) is 11.2 Å². The second-order valence-electron chi connectivity index (χ2n) is 6.24. The largest absolute Gasteiger partial charge is 0.370 e. The van der Waals surface area contributed by atoms with Gasteiger partial charge < -0.3 is 16.0 Å². The van der Waals surface area contributed by atoms with Crippen LogP contribution in [0, 0.1) is 5.92 Å². The molecule has 0 spiro atoms. The molecule has 0 bridgehead atoms. The number of likely N-dealkylation sites (tertiary alicyclic amines) is 1. The highest BCUT2D eigenvalue weighted by Crippen LogP contribution is 2.19. The average molecular weight is 479 g/mol. The third-order valence-electron chi connectivity index (χ3n) is 4.22. The maximum absolute atomic E-state index is 11.2. The van der Waals surface area contributed by atoms with Crippen LogP contribution in [-0.4, -0.2) is 42.9 Å². The van der Waals surface area contributed by atoms with E-state index in [1.165, 1.54) is 5.56 Å². The minimum absolute atomic E-state index is 0. The van der Waals surface area contributed by atoms with E-state index >= 15 is 0 Å². The SMILES string of the molecule is CCNC(=NCCc1ccc(Cl)cc1)N1CCCC(CC(N)=O)C1.I. The van der Waals surface area contributed by atoms with Gasteiger partial charge in [-0.2, -0.15) is 0 Å². The summed E-state index contributed by atoms with van der Waals surface area (Å²) >= 11 is 5.91. The molecule has 0 aliphatic carbocycles. The lowest BCUT2D eigenvalue weighted by molar-refractivity contribution is -0.119. The third-order valence-corrected chi connectivity index (χ3v) is 4.47. The van der Waals surface area contributed by atoms with Crippen molar-refractivity contribution in [3.63, 3.8) is 0 Å². The standard InChI is InChI=1S/C18H27ClN4O.HI/c1-2-21-18(22-10-9-14-5-7-16(19)8-6-14)23-11-3-4-15(13-23)12-17(20)24;/h5-8,15H,2-4,9-13H2,1H3,(H2,20,24)(H,21,22);1H. The van der Waals surface area contributed by atoms with Gasteiger partial charge in [0.15, 0.2) is 5.96 Å². The van der Waals surface area contributed by atoms with Crippen LogP contribution in [0.15, 0.2) is 29.3 Å². The number of guanidine groups is 1. The van der Waals surface area contributed by atoms with Gasteiger partial charge >= 0.3 is 0 Å². The summed E-state index contributed by atoms with van der Waals surface area (Å²) in [5.41, 5.74) is 6.57. The van der Waals surface area contributed by atoms with Crippen molar-refractivity contribution in [1.29, 1.82) is 0 Å². The number of primary amides is 1. The van der Waals surface area contributed by atoms with Gasteiger partial charge in [0, 0.05) is 37.6 Å². The lowest BCUT2D eigenvalue weighted by Crippen LogP contribution is -2.47. The van der Waals surface area contributed by atoms with Crippen LogP contribution >= 0.6 is 35.6 Å². The normalized spacial score (nSPS) is 17.8. The molecule has 0 saturated carbocycles. The Morgan fingerprint density at radius 3 is 2.76 bits per heavy atom. The highest BCUT2D eigenvalue weighted by Gasteiger charge is 2.23. The number of carbonyl (C=O) groups excluding carboxylic acids is 1. The Kier molecular flexibility index (Phi) is 10.2. The first-order valence-electron chi connectivity index (χ1n) is 8.64. The highest BCUT2D eigenvalue weighted by atomic mass is 127. The van der Waals surface area contributed by atoms with Crippen LogP contribution in [0.5, 0.6) is 0 Å². The Bertz CT molecular complexity index is 565. The second-order valence-corrected chi connectivity index (χ2v) is 6.67. The number of nitrogens with zero attached hydrogens (tertiary/aromatic N) is 2. The van der Waals surface area contributed by atoms with Crippen molar-refractivity contribution in [1.82, 2.24) is 10.2 Å². The molecule has 25 heavy (non-hydrogen) atoms.